The number of ketones is 1. The number of Topliss-reactive ketones (excluding diaryl/α,β-unsaturated/α-hetero) is 1. The predicted octanol–water partition coefficient (Wildman–Crippen LogP) is 2.59. The molecular formula is C27H34N4O5S. The van der Waals surface area contributed by atoms with Crippen LogP contribution in [0.4, 0.5) is 0 Å². The van der Waals surface area contributed by atoms with Gasteiger partial charge in [-0.25, -0.2) is 8.42 Å². The van der Waals surface area contributed by atoms with Gasteiger partial charge in [0.05, 0.1) is 12.6 Å². The molecule has 0 radical (unpaired) electrons. The Hall–Kier alpha value is -3.11. The van der Waals surface area contributed by atoms with Crippen LogP contribution in [0, 0.1) is 5.92 Å². The van der Waals surface area contributed by atoms with E-state index in [0.29, 0.717) is 24.3 Å². The van der Waals surface area contributed by atoms with E-state index in [1.807, 2.05) is 26.0 Å². The number of aromatic nitrogens is 1. The fraction of sp³-hybridized carbons (Fsp3) is 0.481. The number of hydrogen-bond donors (Lipinski definition) is 1. The number of nitrogens with zero attached hydrogens (tertiary/aromatic N) is 3. The Labute approximate surface area is 218 Å². The number of likely N-dealkylation sites (tertiary alicyclic amines) is 1. The quantitative estimate of drug-likeness (QED) is 0.565. The van der Waals surface area contributed by atoms with Crippen molar-refractivity contribution in [3.63, 3.8) is 0 Å². The summed E-state index contributed by atoms with van der Waals surface area (Å²) in [6.45, 7) is 8.01. The first kappa shape index (κ1) is 26.9. The monoisotopic (exact) mass is 526 g/mol. The van der Waals surface area contributed by atoms with E-state index in [1.54, 1.807) is 12.1 Å². The molecule has 0 saturated carbocycles. The lowest BCUT2D eigenvalue weighted by Gasteiger charge is -2.29. The maximum atomic E-state index is 13.7. The van der Waals surface area contributed by atoms with Gasteiger partial charge < -0.3 is 10.2 Å². The van der Waals surface area contributed by atoms with Gasteiger partial charge in [0.25, 0.3) is 5.91 Å². The average Bonchev–Trinajstić information content (AvgIpc) is 3.45. The van der Waals surface area contributed by atoms with Crippen molar-refractivity contribution in [2.24, 2.45) is 5.92 Å². The highest BCUT2D eigenvalue weighted by atomic mass is 32.2. The van der Waals surface area contributed by atoms with Gasteiger partial charge in [0.15, 0.2) is 5.78 Å². The van der Waals surface area contributed by atoms with E-state index in [9.17, 15) is 22.8 Å². The highest BCUT2D eigenvalue weighted by Crippen LogP contribution is 2.34. The van der Waals surface area contributed by atoms with Gasteiger partial charge in [0.1, 0.15) is 17.0 Å². The molecule has 9 nitrogen and oxygen atoms in total. The lowest BCUT2D eigenvalue weighted by Crippen LogP contribution is -2.53. The zero-order chi connectivity index (χ0) is 26.9. The molecule has 10 heteroatoms. The van der Waals surface area contributed by atoms with Crippen LogP contribution in [0.1, 0.15) is 62.4 Å². The summed E-state index contributed by atoms with van der Waals surface area (Å²) in [6, 6.07) is 7.94. The number of carbonyl (C=O) groups is 3. The van der Waals surface area contributed by atoms with Gasteiger partial charge in [-0.05, 0) is 54.5 Å². The number of benzene rings is 1. The molecule has 2 aliphatic rings. The number of amides is 2. The van der Waals surface area contributed by atoms with Gasteiger partial charge in [-0.2, -0.15) is 4.31 Å². The number of nitrogens with one attached hydrogen (secondary N) is 1. The van der Waals surface area contributed by atoms with E-state index in [4.69, 9.17) is 0 Å². The van der Waals surface area contributed by atoms with E-state index in [-0.39, 0.29) is 41.5 Å². The lowest BCUT2D eigenvalue weighted by molar-refractivity contribution is -0.138. The molecule has 2 aromatic rings. The number of fused-ring (bicyclic) bond motifs is 1. The fourth-order valence-corrected chi connectivity index (χ4v) is 6.72. The topological polar surface area (TPSA) is 117 Å². The van der Waals surface area contributed by atoms with Crippen molar-refractivity contribution in [2.75, 3.05) is 13.1 Å². The number of sulfonamides is 1. The SMILES string of the molecule is CC(C)CC(NC(=O)c1ccc(C(C)C)cc1)C(=O)N1CCC2C1C(=O)CN2S(=O)(=O)c1cccnc1. The minimum atomic E-state index is -3.94. The van der Waals surface area contributed by atoms with Gasteiger partial charge in [0.2, 0.25) is 15.9 Å². The van der Waals surface area contributed by atoms with Crippen molar-refractivity contribution >= 4 is 27.6 Å². The number of hydrogen-bond acceptors (Lipinski definition) is 6. The summed E-state index contributed by atoms with van der Waals surface area (Å²) in [5, 5.41) is 2.87. The van der Waals surface area contributed by atoms with E-state index in [0.717, 1.165) is 5.56 Å². The zero-order valence-electron chi connectivity index (χ0n) is 21.6. The molecular weight excluding hydrogens is 492 g/mol. The van der Waals surface area contributed by atoms with Crippen LogP contribution in [-0.2, 0) is 19.6 Å². The Kier molecular flexibility index (Phi) is 7.80. The van der Waals surface area contributed by atoms with Crippen molar-refractivity contribution < 1.29 is 22.8 Å². The molecule has 0 spiro atoms. The molecule has 198 valence electrons. The van der Waals surface area contributed by atoms with Crippen molar-refractivity contribution in [3.8, 4) is 0 Å². The first-order chi connectivity index (χ1) is 17.5. The van der Waals surface area contributed by atoms with E-state index in [1.165, 1.54) is 33.7 Å². The molecule has 0 bridgehead atoms. The van der Waals surface area contributed by atoms with E-state index >= 15 is 0 Å². The maximum absolute atomic E-state index is 13.7. The smallest absolute Gasteiger partial charge is 0.251 e. The van der Waals surface area contributed by atoms with Gasteiger partial charge in [0, 0.05) is 24.5 Å². The highest BCUT2D eigenvalue weighted by Gasteiger charge is 2.54. The molecule has 1 aromatic heterocycles. The van der Waals surface area contributed by atoms with Crippen LogP contribution in [0.5, 0.6) is 0 Å². The van der Waals surface area contributed by atoms with Crippen molar-refractivity contribution in [2.45, 2.75) is 69.5 Å². The predicted molar refractivity (Wildman–Crippen MR) is 138 cm³/mol. The van der Waals surface area contributed by atoms with Crippen LogP contribution in [0.3, 0.4) is 0 Å². The molecule has 1 aromatic carbocycles. The standard InChI is InChI=1S/C27H34N4O5S/c1-17(2)14-22(29-26(33)20-9-7-19(8-10-20)18(3)4)27(34)30-13-11-23-25(30)24(32)16-31(23)37(35,36)21-6-5-12-28-15-21/h5-10,12,15,17-18,22-23,25H,11,13-14,16H2,1-4H3,(H,29,33). The fourth-order valence-electron chi connectivity index (χ4n) is 5.13. The van der Waals surface area contributed by atoms with Crippen molar-refractivity contribution in [1.29, 1.82) is 0 Å². The molecule has 2 aliphatic heterocycles. The summed E-state index contributed by atoms with van der Waals surface area (Å²) in [6.07, 6.45) is 3.48. The van der Waals surface area contributed by atoms with Crippen molar-refractivity contribution in [1.82, 2.24) is 19.5 Å². The van der Waals surface area contributed by atoms with Gasteiger partial charge >= 0.3 is 0 Å². The Morgan fingerprint density at radius 1 is 1.11 bits per heavy atom. The number of rotatable bonds is 8. The van der Waals surface area contributed by atoms with Crippen LogP contribution in [0.25, 0.3) is 0 Å². The normalized spacial score (nSPS) is 20.9. The summed E-state index contributed by atoms with van der Waals surface area (Å²) < 4.78 is 27.6. The molecule has 3 unspecified atom stereocenters. The van der Waals surface area contributed by atoms with Gasteiger partial charge in [-0.3, -0.25) is 19.4 Å². The second-order valence-corrected chi connectivity index (χ2v) is 12.4. The van der Waals surface area contributed by atoms with Gasteiger partial charge in [-0.1, -0.05) is 39.8 Å². The molecule has 0 aliphatic carbocycles. The molecule has 4 rings (SSSR count). The minimum Gasteiger partial charge on any atom is -0.340 e. The van der Waals surface area contributed by atoms with Crippen LogP contribution in [0.15, 0.2) is 53.7 Å². The Morgan fingerprint density at radius 3 is 2.41 bits per heavy atom. The summed E-state index contributed by atoms with van der Waals surface area (Å²) in [5.41, 5.74) is 1.57. The molecule has 2 saturated heterocycles. The third-order valence-electron chi connectivity index (χ3n) is 7.05. The number of carbonyl (C=O) groups excluding carboxylic acids is 3. The Balaban J connectivity index is 1.53. The molecule has 3 atom stereocenters. The second-order valence-electron chi connectivity index (χ2n) is 10.5. The molecule has 1 N–H and O–H groups in total. The Morgan fingerprint density at radius 2 is 1.81 bits per heavy atom. The first-order valence-corrected chi connectivity index (χ1v) is 14.1. The van der Waals surface area contributed by atoms with Crippen LogP contribution in [-0.4, -0.2) is 71.4 Å². The maximum Gasteiger partial charge on any atom is 0.251 e. The van der Waals surface area contributed by atoms with Crippen LogP contribution >= 0.6 is 0 Å². The lowest BCUT2D eigenvalue weighted by atomic mass is 10.00. The number of pyridine rings is 1. The zero-order valence-corrected chi connectivity index (χ0v) is 22.4. The molecule has 37 heavy (non-hydrogen) atoms. The second kappa shape index (κ2) is 10.7. The first-order valence-electron chi connectivity index (χ1n) is 12.7. The third kappa shape index (κ3) is 5.45. The Bertz CT molecular complexity index is 1260. The summed E-state index contributed by atoms with van der Waals surface area (Å²) in [5.74, 6) is -0.591. The van der Waals surface area contributed by atoms with Crippen molar-refractivity contribution in [3.05, 3.63) is 59.9 Å². The largest absolute Gasteiger partial charge is 0.340 e. The van der Waals surface area contributed by atoms with Crippen LogP contribution in [0.2, 0.25) is 0 Å². The van der Waals surface area contributed by atoms with E-state index in [2.05, 4.69) is 24.1 Å². The summed E-state index contributed by atoms with van der Waals surface area (Å²) in [7, 11) is -3.94. The summed E-state index contributed by atoms with van der Waals surface area (Å²) >= 11 is 0. The minimum absolute atomic E-state index is 0.0154. The third-order valence-corrected chi connectivity index (χ3v) is 8.91. The average molecular weight is 527 g/mol. The molecule has 3 heterocycles. The van der Waals surface area contributed by atoms with Crippen LogP contribution < -0.4 is 5.32 Å². The molecule has 2 fully saturated rings. The van der Waals surface area contributed by atoms with E-state index < -0.39 is 28.1 Å². The van der Waals surface area contributed by atoms with Gasteiger partial charge in [-0.15, -0.1) is 0 Å². The summed E-state index contributed by atoms with van der Waals surface area (Å²) in [4.78, 5) is 45.1. The highest BCUT2D eigenvalue weighted by molar-refractivity contribution is 7.89. The molecule has 2 amide bonds.